The van der Waals surface area contributed by atoms with E-state index in [0.717, 1.165) is 5.56 Å². The van der Waals surface area contributed by atoms with Gasteiger partial charge in [0.1, 0.15) is 12.7 Å². The highest BCUT2D eigenvalue weighted by Crippen LogP contribution is 2.30. The van der Waals surface area contributed by atoms with Crippen molar-refractivity contribution in [2.45, 2.75) is 32.3 Å². The number of esters is 1. The van der Waals surface area contributed by atoms with Crippen molar-refractivity contribution >= 4 is 11.9 Å². The van der Waals surface area contributed by atoms with E-state index in [1.807, 2.05) is 36.4 Å². The molecule has 1 atom stereocenters. The lowest BCUT2D eigenvalue weighted by Gasteiger charge is -2.26. The number of hydrogen-bond acceptors (Lipinski definition) is 5. The van der Waals surface area contributed by atoms with Crippen LogP contribution in [0, 0.1) is 0 Å². The Morgan fingerprint density at radius 2 is 1.75 bits per heavy atom. The van der Waals surface area contributed by atoms with Gasteiger partial charge in [-0.05, 0) is 35.2 Å². The highest BCUT2D eigenvalue weighted by atomic mass is 16.6. The molecule has 1 N–H and O–H groups in total. The fourth-order valence-corrected chi connectivity index (χ4v) is 2.76. The number of para-hydroxylation sites is 2. The van der Waals surface area contributed by atoms with Crippen molar-refractivity contribution in [3.05, 3.63) is 59.7 Å². The Kier molecular flexibility index (Phi) is 5.87. The first-order valence-electron chi connectivity index (χ1n) is 9.26. The van der Waals surface area contributed by atoms with Crippen molar-refractivity contribution in [1.82, 2.24) is 5.32 Å². The smallest absolute Gasteiger partial charge is 0.338 e. The number of fused-ring (bicyclic) bond motifs is 1. The van der Waals surface area contributed by atoms with E-state index in [2.05, 4.69) is 26.1 Å². The minimum absolute atomic E-state index is 0.00768. The van der Waals surface area contributed by atoms with E-state index >= 15 is 0 Å². The Morgan fingerprint density at radius 1 is 1.07 bits per heavy atom. The lowest BCUT2D eigenvalue weighted by molar-refractivity contribution is -0.124. The molecule has 28 heavy (non-hydrogen) atoms. The third-order valence-electron chi connectivity index (χ3n) is 4.42. The van der Waals surface area contributed by atoms with Gasteiger partial charge in [-0.2, -0.15) is 0 Å². The molecule has 148 valence electrons. The number of ether oxygens (including phenoxy) is 3. The average molecular weight is 383 g/mol. The summed E-state index contributed by atoms with van der Waals surface area (Å²) in [4.78, 5) is 24.1. The number of hydrogen-bond donors (Lipinski definition) is 1. The van der Waals surface area contributed by atoms with Crippen LogP contribution in [0.2, 0.25) is 0 Å². The van der Waals surface area contributed by atoms with Crippen molar-refractivity contribution in [2.24, 2.45) is 0 Å². The number of nitrogens with one attached hydrogen (secondary N) is 1. The van der Waals surface area contributed by atoms with Gasteiger partial charge in [-0.25, -0.2) is 4.79 Å². The topological polar surface area (TPSA) is 73.9 Å². The molecule has 0 saturated carbocycles. The third-order valence-corrected chi connectivity index (χ3v) is 4.42. The molecule has 0 radical (unpaired) electrons. The maximum Gasteiger partial charge on any atom is 0.338 e. The summed E-state index contributed by atoms with van der Waals surface area (Å²) in [6, 6.07) is 14.6. The Labute approximate surface area is 164 Å². The van der Waals surface area contributed by atoms with Gasteiger partial charge in [0.2, 0.25) is 0 Å². The van der Waals surface area contributed by atoms with Gasteiger partial charge in [-0.3, -0.25) is 4.79 Å². The lowest BCUT2D eigenvalue weighted by Crippen LogP contribution is -2.42. The molecule has 0 saturated heterocycles. The summed E-state index contributed by atoms with van der Waals surface area (Å²) >= 11 is 0. The van der Waals surface area contributed by atoms with Gasteiger partial charge in [-0.1, -0.05) is 45.0 Å². The maximum absolute atomic E-state index is 12.1. The molecule has 0 aromatic heterocycles. The Morgan fingerprint density at radius 3 is 2.43 bits per heavy atom. The van der Waals surface area contributed by atoms with E-state index in [1.165, 1.54) is 0 Å². The van der Waals surface area contributed by atoms with Crippen molar-refractivity contribution in [2.75, 3.05) is 19.8 Å². The van der Waals surface area contributed by atoms with Gasteiger partial charge in [0.15, 0.2) is 18.1 Å². The molecular formula is C22H25NO5. The number of benzene rings is 2. The van der Waals surface area contributed by atoms with E-state index in [9.17, 15) is 9.59 Å². The molecule has 1 aliphatic rings. The normalized spacial score (nSPS) is 15.6. The van der Waals surface area contributed by atoms with Gasteiger partial charge in [0, 0.05) is 0 Å². The Bertz CT molecular complexity index is 839. The van der Waals surface area contributed by atoms with Crippen LogP contribution in [0.4, 0.5) is 0 Å². The minimum Gasteiger partial charge on any atom is -0.486 e. The van der Waals surface area contributed by atoms with Crippen LogP contribution in [0.15, 0.2) is 48.5 Å². The number of carbonyl (C=O) groups is 2. The monoisotopic (exact) mass is 383 g/mol. The molecule has 2 aromatic rings. The lowest BCUT2D eigenvalue weighted by atomic mass is 9.87. The molecule has 6 nitrogen and oxygen atoms in total. The zero-order valence-electron chi connectivity index (χ0n) is 16.4. The Hall–Kier alpha value is -3.02. The first-order chi connectivity index (χ1) is 13.3. The second kappa shape index (κ2) is 8.33. The van der Waals surface area contributed by atoms with E-state index in [4.69, 9.17) is 14.2 Å². The van der Waals surface area contributed by atoms with Crippen LogP contribution in [-0.2, 0) is 14.9 Å². The first kappa shape index (κ1) is 19.7. The molecule has 3 rings (SSSR count). The zero-order chi connectivity index (χ0) is 20.1. The summed E-state index contributed by atoms with van der Waals surface area (Å²) in [7, 11) is 0. The summed E-state index contributed by atoms with van der Waals surface area (Å²) in [5, 5.41) is 2.70. The molecule has 0 unspecified atom stereocenters. The van der Waals surface area contributed by atoms with Crippen molar-refractivity contribution in [1.29, 1.82) is 0 Å². The predicted octanol–water partition coefficient (Wildman–Crippen LogP) is 3.10. The highest BCUT2D eigenvalue weighted by Gasteiger charge is 2.21. The number of carbonyl (C=O) groups excluding carboxylic acids is 2. The number of rotatable bonds is 5. The van der Waals surface area contributed by atoms with Gasteiger partial charge >= 0.3 is 5.97 Å². The van der Waals surface area contributed by atoms with Crippen molar-refractivity contribution < 1.29 is 23.8 Å². The van der Waals surface area contributed by atoms with Crippen LogP contribution in [0.3, 0.4) is 0 Å². The second-order valence-corrected chi connectivity index (χ2v) is 7.71. The minimum atomic E-state index is -0.526. The quantitative estimate of drug-likeness (QED) is 0.803. The molecule has 0 bridgehead atoms. The van der Waals surface area contributed by atoms with Crippen LogP contribution in [0.25, 0.3) is 0 Å². The standard InChI is InChI=1S/C22H25NO5/c1-22(2,3)16-10-8-15(9-11-16)21(25)27-14-20(24)23-12-17-13-26-18-6-4-5-7-19(18)28-17/h4-11,17H,12-14H2,1-3H3,(H,23,24)/t17-/m1/s1. The van der Waals surface area contributed by atoms with Gasteiger partial charge in [-0.15, -0.1) is 0 Å². The van der Waals surface area contributed by atoms with Crippen LogP contribution in [0.5, 0.6) is 11.5 Å². The van der Waals surface area contributed by atoms with Gasteiger partial charge in [0.25, 0.3) is 5.91 Å². The van der Waals surface area contributed by atoms with Gasteiger partial charge < -0.3 is 19.5 Å². The summed E-state index contributed by atoms with van der Waals surface area (Å²) in [6.07, 6.45) is -0.292. The van der Waals surface area contributed by atoms with Crippen LogP contribution >= 0.6 is 0 Å². The first-order valence-corrected chi connectivity index (χ1v) is 9.26. The van der Waals surface area contributed by atoms with E-state index in [1.54, 1.807) is 12.1 Å². The van der Waals surface area contributed by atoms with Crippen molar-refractivity contribution in [3.8, 4) is 11.5 Å². The Balaban J connectivity index is 1.42. The fourth-order valence-electron chi connectivity index (χ4n) is 2.76. The highest BCUT2D eigenvalue weighted by molar-refractivity contribution is 5.91. The van der Waals surface area contributed by atoms with E-state index in [0.29, 0.717) is 23.7 Å². The SMILES string of the molecule is CC(C)(C)c1ccc(C(=O)OCC(=O)NC[C@@H]2COc3ccccc3O2)cc1. The largest absolute Gasteiger partial charge is 0.486 e. The molecule has 1 amide bonds. The van der Waals surface area contributed by atoms with Crippen LogP contribution < -0.4 is 14.8 Å². The van der Waals surface area contributed by atoms with Gasteiger partial charge in [0.05, 0.1) is 12.1 Å². The molecule has 2 aromatic carbocycles. The molecule has 6 heteroatoms. The molecular weight excluding hydrogens is 358 g/mol. The van der Waals surface area contributed by atoms with E-state index < -0.39 is 5.97 Å². The average Bonchev–Trinajstić information content (AvgIpc) is 2.69. The summed E-state index contributed by atoms with van der Waals surface area (Å²) in [5.74, 6) is 0.429. The zero-order valence-corrected chi connectivity index (χ0v) is 16.4. The maximum atomic E-state index is 12.1. The fraction of sp³-hybridized carbons (Fsp3) is 0.364. The molecule has 0 fully saturated rings. The molecule has 0 spiro atoms. The molecule has 1 heterocycles. The summed E-state index contributed by atoms with van der Waals surface area (Å²) < 4.78 is 16.5. The summed E-state index contributed by atoms with van der Waals surface area (Å²) in [5.41, 5.74) is 1.55. The van der Waals surface area contributed by atoms with Crippen LogP contribution in [0.1, 0.15) is 36.7 Å². The third kappa shape index (κ3) is 5.03. The summed E-state index contributed by atoms with van der Waals surface area (Å²) in [6.45, 7) is 6.57. The molecule has 1 aliphatic heterocycles. The van der Waals surface area contributed by atoms with E-state index in [-0.39, 0.29) is 30.6 Å². The van der Waals surface area contributed by atoms with Crippen LogP contribution in [-0.4, -0.2) is 37.7 Å². The van der Waals surface area contributed by atoms with Crippen molar-refractivity contribution in [3.63, 3.8) is 0 Å². The number of amides is 1. The predicted molar refractivity (Wildman–Crippen MR) is 105 cm³/mol. The molecule has 0 aliphatic carbocycles. The second-order valence-electron chi connectivity index (χ2n) is 7.71.